The van der Waals surface area contributed by atoms with Gasteiger partial charge in [-0.25, -0.2) is 13.5 Å². The van der Waals surface area contributed by atoms with E-state index in [1.807, 2.05) is 0 Å². The predicted molar refractivity (Wildman–Crippen MR) is 90.5 cm³/mol. The zero-order valence-corrected chi connectivity index (χ0v) is 13.9. The van der Waals surface area contributed by atoms with Crippen molar-refractivity contribution < 1.29 is 13.6 Å². The maximum Gasteiger partial charge on any atom is 0.257 e. The smallest absolute Gasteiger partial charge is 0.257 e. The Hall–Kier alpha value is -3.02. The predicted octanol–water partition coefficient (Wildman–Crippen LogP) is 3.73. The molecule has 25 heavy (non-hydrogen) atoms. The van der Waals surface area contributed by atoms with Crippen LogP contribution in [0, 0.1) is 18.6 Å². The van der Waals surface area contributed by atoms with Crippen LogP contribution in [0.5, 0.6) is 0 Å². The molecule has 3 aromatic rings. The van der Waals surface area contributed by atoms with Crippen LogP contribution in [0.15, 0.2) is 54.7 Å². The Balaban J connectivity index is 1.80. The van der Waals surface area contributed by atoms with Gasteiger partial charge in [-0.15, -0.1) is 0 Å². The Morgan fingerprint density at radius 3 is 2.20 bits per heavy atom. The molecule has 0 saturated carbocycles. The molecule has 0 aliphatic carbocycles. The molecule has 6 heteroatoms. The Morgan fingerprint density at radius 1 is 1.04 bits per heavy atom. The van der Waals surface area contributed by atoms with Crippen LogP contribution in [0.4, 0.5) is 8.78 Å². The summed E-state index contributed by atoms with van der Waals surface area (Å²) in [6, 6.07) is 11.9. The number of carbonyl (C=O) groups is 1. The molecule has 0 atom stereocenters. The lowest BCUT2D eigenvalue weighted by molar-refractivity contribution is 0.0784. The minimum atomic E-state index is -0.330. The standard InChI is InChI=1S/C19H17F2N3O/c1-13-18(11-22-24(13)17-9-7-16(21)8-10-17)19(25)23(2)12-14-3-5-15(20)6-4-14/h3-11H,12H2,1-2H3. The topological polar surface area (TPSA) is 38.1 Å². The van der Waals surface area contributed by atoms with Crippen molar-refractivity contribution in [3.63, 3.8) is 0 Å². The molecule has 0 bridgehead atoms. The number of nitrogens with zero attached hydrogens (tertiary/aromatic N) is 3. The highest BCUT2D eigenvalue weighted by atomic mass is 19.1. The minimum absolute atomic E-state index is 0.185. The van der Waals surface area contributed by atoms with Crippen molar-refractivity contribution in [3.05, 3.63) is 83.2 Å². The third-order valence-corrected chi connectivity index (χ3v) is 3.99. The van der Waals surface area contributed by atoms with E-state index in [4.69, 9.17) is 0 Å². The van der Waals surface area contributed by atoms with Gasteiger partial charge in [0.1, 0.15) is 11.6 Å². The Kier molecular flexibility index (Phi) is 4.61. The number of hydrogen-bond donors (Lipinski definition) is 0. The molecule has 0 radical (unpaired) electrons. The molecule has 1 aromatic heterocycles. The SMILES string of the molecule is Cc1c(C(=O)N(C)Cc2ccc(F)cc2)cnn1-c1ccc(F)cc1. The van der Waals surface area contributed by atoms with Crippen LogP contribution < -0.4 is 0 Å². The van der Waals surface area contributed by atoms with E-state index < -0.39 is 0 Å². The van der Waals surface area contributed by atoms with Crippen molar-refractivity contribution in [1.29, 1.82) is 0 Å². The summed E-state index contributed by atoms with van der Waals surface area (Å²) in [5.41, 5.74) is 2.65. The van der Waals surface area contributed by atoms with Gasteiger partial charge in [0.15, 0.2) is 0 Å². The van der Waals surface area contributed by atoms with Gasteiger partial charge in [-0.05, 0) is 48.9 Å². The van der Waals surface area contributed by atoms with Crippen LogP contribution in [-0.4, -0.2) is 27.6 Å². The fraction of sp³-hybridized carbons (Fsp3) is 0.158. The monoisotopic (exact) mass is 341 g/mol. The highest BCUT2D eigenvalue weighted by Crippen LogP contribution is 2.17. The lowest BCUT2D eigenvalue weighted by atomic mass is 10.2. The summed E-state index contributed by atoms with van der Waals surface area (Å²) in [4.78, 5) is 14.2. The third-order valence-electron chi connectivity index (χ3n) is 3.99. The first-order valence-electron chi connectivity index (χ1n) is 7.76. The average molecular weight is 341 g/mol. The fourth-order valence-electron chi connectivity index (χ4n) is 2.60. The van der Waals surface area contributed by atoms with Crippen LogP contribution in [0.2, 0.25) is 0 Å². The van der Waals surface area contributed by atoms with E-state index in [1.165, 1.54) is 30.5 Å². The van der Waals surface area contributed by atoms with E-state index in [9.17, 15) is 13.6 Å². The summed E-state index contributed by atoms with van der Waals surface area (Å²) < 4.78 is 27.6. The van der Waals surface area contributed by atoms with Crippen molar-refractivity contribution >= 4 is 5.91 Å². The first-order valence-corrected chi connectivity index (χ1v) is 7.76. The maximum absolute atomic E-state index is 13.1. The van der Waals surface area contributed by atoms with E-state index in [0.29, 0.717) is 23.5 Å². The van der Waals surface area contributed by atoms with E-state index in [0.717, 1.165) is 5.56 Å². The third kappa shape index (κ3) is 3.57. The van der Waals surface area contributed by atoms with Gasteiger partial charge < -0.3 is 4.90 Å². The quantitative estimate of drug-likeness (QED) is 0.725. The number of amides is 1. The Morgan fingerprint density at radius 2 is 1.60 bits per heavy atom. The second-order valence-corrected chi connectivity index (χ2v) is 5.82. The molecule has 4 nitrogen and oxygen atoms in total. The van der Waals surface area contributed by atoms with Gasteiger partial charge in [0.05, 0.1) is 23.1 Å². The lowest BCUT2D eigenvalue weighted by Crippen LogP contribution is -2.26. The highest BCUT2D eigenvalue weighted by Gasteiger charge is 2.19. The molecule has 1 amide bonds. The van der Waals surface area contributed by atoms with Gasteiger partial charge in [0, 0.05) is 13.6 Å². The number of hydrogen-bond acceptors (Lipinski definition) is 2. The summed E-state index contributed by atoms with van der Waals surface area (Å²) in [6.07, 6.45) is 1.50. The lowest BCUT2D eigenvalue weighted by Gasteiger charge is -2.17. The molecule has 0 unspecified atom stereocenters. The summed E-state index contributed by atoms with van der Waals surface area (Å²) in [5, 5.41) is 4.23. The molecular formula is C19H17F2N3O. The highest BCUT2D eigenvalue weighted by molar-refractivity contribution is 5.95. The molecule has 0 N–H and O–H groups in total. The fourth-order valence-corrected chi connectivity index (χ4v) is 2.60. The van der Waals surface area contributed by atoms with Gasteiger partial charge in [-0.2, -0.15) is 5.10 Å². The molecular weight excluding hydrogens is 324 g/mol. The van der Waals surface area contributed by atoms with Crippen molar-refractivity contribution in [2.75, 3.05) is 7.05 Å². The summed E-state index contributed by atoms with van der Waals surface area (Å²) in [5.74, 6) is -0.826. The van der Waals surface area contributed by atoms with Crippen molar-refractivity contribution in [2.45, 2.75) is 13.5 Å². The maximum atomic E-state index is 13.1. The largest absolute Gasteiger partial charge is 0.337 e. The zero-order valence-electron chi connectivity index (χ0n) is 13.9. The average Bonchev–Trinajstić information content (AvgIpc) is 2.98. The van der Waals surface area contributed by atoms with Crippen LogP contribution in [0.3, 0.4) is 0 Å². The molecule has 2 aromatic carbocycles. The number of carbonyl (C=O) groups excluding carboxylic acids is 1. The molecule has 0 aliphatic heterocycles. The number of halogens is 2. The first-order chi connectivity index (χ1) is 12.0. The molecule has 0 spiro atoms. The Labute approximate surface area is 144 Å². The van der Waals surface area contributed by atoms with Crippen LogP contribution in [-0.2, 0) is 6.54 Å². The van der Waals surface area contributed by atoms with E-state index >= 15 is 0 Å². The molecule has 0 fully saturated rings. The second kappa shape index (κ2) is 6.84. The van der Waals surface area contributed by atoms with Crippen molar-refractivity contribution in [2.24, 2.45) is 0 Å². The normalized spacial score (nSPS) is 10.7. The van der Waals surface area contributed by atoms with Gasteiger partial charge in [-0.3, -0.25) is 4.79 Å². The summed E-state index contributed by atoms with van der Waals surface area (Å²) in [7, 11) is 1.68. The van der Waals surface area contributed by atoms with Crippen LogP contribution in [0.1, 0.15) is 21.6 Å². The Bertz CT molecular complexity index is 886. The van der Waals surface area contributed by atoms with Crippen molar-refractivity contribution in [3.8, 4) is 5.69 Å². The molecule has 0 aliphatic rings. The van der Waals surface area contributed by atoms with E-state index in [2.05, 4.69) is 5.10 Å². The second-order valence-electron chi connectivity index (χ2n) is 5.82. The summed E-state index contributed by atoms with van der Waals surface area (Å²) >= 11 is 0. The van der Waals surface area contributed by atoms with Crippen molar-refractivity contribution in [1.82, 2.24) is 14.7 Å². The van der Waals surface area contributed by atoms with Crippen LogP contribution >= 0.6 is 0 Å². The number of rotatable bonds is 4. The van der Waals surface area contributed by atoms with Crippen LogP contribution in [0.25, 0.3) is 5.69 Å². The van der Waals surface area contributed by atoms with Gasteiger partial charge in [0.25, 0.3) is 5.91 Å². The molecule has 0 saturated heterocycles. The number of benzene rings is 2. The van der Waals surface area contributed by atoms with E-state index in [1.54, 1.807) is 47.8 Å². The van der Waals surface area contributed by atoms with Gasteiger partial charge in [-0.1, -0.05) is 12.1 Å². The first kappa shape index (κ1) is 16.8. The van der Waals surface area contributed by atoms with E-state index in [-0.39, 0.29) is 17.5 Å². The molecule has 1 heterocycles. The summed E-state index contributed by atoms with van der Waals surface area (Å²) in [6.45, 7) is 2.15. The molecule has 3 rings (SSSR count). The zero-order chi connectivity index (χ0) is 18.0. The van der Waals surface area contributed by atoms with Gasteiger partial charge in [0.2, 0.25) is 0 Å². The number of aromatic nitrogens is 2. The molecule has 128 valence electrons. The van der Waals surface area contributed by atoms with Gasteiger partial charge >= 0.3 is 0 Å². The minimum Gasteiger partial charge on any atom is -0.337 e.